The molecule has 2 aromatic heterocycles. The van der Waals surface area contributed by atoms with Gasteiger partial charge in [-0.2, -0.15) is 5.10 Å². The summed E-state index contributed by atoms with van der Waals surface area (Å²) in [6, 6.07) is 9.15. The van der Waals surface area contributed by atoms with Gasteiger partial charge >= 0.3 is 0 Å². The quantitative estimate of drug-likeness (QED) is 0.398. The zero-order valence-corrected chi connectivity index (χ0v) is 19.4. The van der Waals surface area contributed by atoms with Crippen LogP contribution in [0, 0.1) is 5.82 Å². The van der Waals surface area contributed by atoms with Crippen LogP contribution in [0.2, 0.25) is 25.7 Å². The number of carbonyl (C=O) groups excluding carboxylic acids is 1. The molecule has 1 amide bonds. The zero-order chi connectivity index (χ0) is 22.2. The lowest BCUT2D eigenvalue weighted by Gasteiger charge is -2.15. The van der Waals surface area contributed by atoms with Crippen LogP contribution >= 0.6 is 0 Å². The number of fused-ring (bicyclic) bond motifs is 1. The fourth-order valence-electron chi connectivity index (χ4n) is 3.62. The Balaban J connectivity index is 1.72. The van der Waals surface area contributed by atoms with Crippen molar-refractivity contribution in [2.75, 3.05) is 13.7 Å². The molecule has 4 rings (SSSR count). The first kappa shape index (κ1) is 21.4. The Labute approximate surface area is 182 Å². The lowest BCUT2D eigenvalue weighted by molar-refractivity contribution is 0.0788. The number of halogens is 1. The summed E-state index contributed by atoms with van der Waals surface area (Å²) in [6.45, 7) is 8.43. The van der Waals surface area contributed by atoms with Crippen molar-refractivity contribution in [3.05, 3.63) is 59.8 Å². The van der Waals surface area contributed by atoms with E-state index in [1.807, 2.05) is 12.3 Å². The molecule has 0 bridgehead atoms. The maximum Gasteiger partial charge on any atom is 0.256 e. The molecule has 3 heterocycles. The van der Waals surface area contributed by atoms with Crippen LogP contribution in [0.15, 0.2) is 42.7 Å². The fourth-order valence-corrected chi connectivity index (χ4v) is 4.37. The summed E-state index contributed by atoms with van der Waals surface area (Å²) in [6.07, 6.45) is 3.62. The molecule has 3 aromatic rings. The average Bonchev–Trinajstić information content (AvgIpc) is 3.26. The van der Waals surface area contributed by atoms with E-state index in [0.29, 0.717) is 31.1 Å². The molecule has 0 spiro atoms. The number of hydrogen-bond donors (Lipinski definition) is 0. The smallest absolute Gasteiger partial charge is 0.256 e. The molecule has 1 aliphatic rings. The summed E-state index contributed by atoms with van der Waals surface area (Å²) in [7, 11) is 0.591. The highest BCUT2D eigenvalue weighted by Crippen LogP contribution is 2.36. The van der Waals surface area contributed by atoms with Crippen LogP contribution in [-0.2, 0) is 18.0 Å². The summed E-state index contributed by atoms with van der Waals surface area (Å²) in [5.74, 6) is -0.358. The first-order valence-electron chi connectivity index (χ1n) is 10.4. The van der Waals surface area contributed by atoms with Crippen molar-refractivity contribution in [2.45, 2.75) is 39.0 Å². The Morgan fingerprint density at radius 3 is 2.58 bits per heavy atom. The van der Waals surface area contributed by atoms with Crippen LogP contribution in [-0.4, -0.2) is 47.3 Å². The number of ether oxygens (including phenoxy) is 1. The van der Waals surface area contributed by atoms with Gasteiger partial charge in [-0.1, -0.05) is 19.6 Å². The van der Waals surface area contributed by atoms with Crippen molar-refractivity contribution in [2.24, 2.45) is 0 Å². The summed E-state index contributed by atoms with van der Waals surface area (Å²) in [5.41, 5.74) is 4.42. The molecule has 8 heteroatoms. The Kier molecular flexibility index (Phi) is 5.77. The fraction of sp³-hybridized carbons (Fsp3) is 0.348. The Morgan fingerprint density at radius 2 is 1.87 bits per heavy atom. The van der Waals surface area contributed by atoms with Crippen molar-refractivity contribution in [3.8, 4) is 22.4 Å². The van der Waals surface area contributed by atoms with Gasteiger partial charge in [0.2, 0.25) is 0 Å². The van der Waals surface area contributed by atoms with E-state index in [9.17, 15) is 9.18 Å². The van der Waals surface area contributed by atoms with Gasteiger partial charge in [-0.15, -0.1) is 0 Å². The third-order valence-electron chi connectivity index (χ3n) is 5.37. The minimum Gasteiger partial charge on any atom is -0.360 e. The van der Waals surface area contributed by atoms with Crippen LogP contribution in [0.25, 0.3) is 22.4 Å². The van der Waals surface area contributed by atoms with Crippen molar-refractivity contribution in [3.63, 3.8) is 0 Å². The molecule has 0 radical (unpaired) electrons. The van der Waals surface area contributed by atoms with Crippen LogP contribution in [0.4, 0.5) is 4.39 Å². The van der Waals surface area contributed by atoms with Gasteiger partial charge in [0.1, 0.15) is 18.2 Å². The maximum atomic E-state index is 13.5. The van der Waals surface area contributed by atoms with E-state index in [1.165, 1.54) is 12.1 Å². The van der Waals surface area contributed by atoms with Crippen LogP contribution in [0.3, 0.4) is 0 Å². The normalized spacial score (nSPS) is 13.7. The van der Waals surface area contributed by atoms with Crippen LogP contribution in [0.5, 0.6) is 0 Å². The number of aromatic nitrogens is 3. The number of pyridine rings is 1. The topological polar surface area (TPSA) is 60.3 Å². The molecule has 0 N–H and O–H groups in total. The van der Waals surface area contributed by atoms with Crippen molar-refractivity contribution < 1.29 is 13.9 Å². The summed E-state index contributed by atoms with van der Waals surface area (Å²) in [5, 5.41) is 4.73. The van der Waals surface area contributed by atoms with E-state index >= 15 is 0 Å². The van der Waals surface area contributed by atoms with Gasteiger partial charge in [0, 0.05) is 50.8 Å². The number of amides is 1. The molecular weight excluding hydrogens is 411 g/mol. The number of benzene rings is 1. The molecule has 0 unspecified atom stereocenters. The molecule has 162 valence electrons. The van der Waals surface area contributed by atoms with Gasteiger partial charge in [0.05, 0.1) is 17.8 Å². The van der Waals surface area contributed by atoms with Crippen molar-refractivity contribution >= 4 is 14.0 Å². The van der Waals surface area contributed by atoms with Crippen molar-refractivity contribution in [1.29, 1.82) is 0 Å². The molecule has 1 aliphatic heterocycles. The van der Waals surface area contributed by atoms with Gasteiger partial charge in [0.15, 0.2) is 0 Å². The molecule has 0 saturated heterocycles. The molecule has 31 heavy (non-hydrogen) atoms. The molecule has 0 saturated carbocycles. The predicted octanol–water partition coefficient (Wildman–Crippen LogP) is 4.65. The summed E-state index contributed by atoms with van der Waals surface area (Å²) in [4.78, 5) is 18.8. The lowest BCUT2D eigenvalue weighted by atomic mass is 9.97. The second kappa shape index (κ2) is 8.36. The summed E-state index contributed by atoms with van der Waals surface area (Å²) < 4.78 is 21.1. The second-order valence-corrected chi connectivity index (χ2v) is 14.7. The third-order valence-corrected chi connectivity index (χ3v) is 7.07. The van der Waals surface area contributed by atoms with Crippen molar-refractivity contribution in [1.82, 2.24) is 19.7 Å². The van der Waals surface area contributed by atoms with Gasteiger partial charge in [-0.3, -0.25) is 9.78 Å². The lowest BCUT2D eigenvalue weighted by Crippen LogP contribution is -2.22. The largest absolute Gasteiger partial charge is 0.360 e. The number of hydrogen-bond acceptors (Lipinski definition) is 4. The zero-order valence-electron chi connectivity index (χ0n) is 18.4. The minimum absolute atomic E-state index is 0.0534. The number of nitrogens with zero attached hydrogens (tertiary/aromatic N) is 4. The molecular formula is C23H27FN4O2Si. The van der Waals surface area contributed by atoms with Crippen LogP contribution in [0.1, 0.15) is 16.1 Å². The monoisotopic (exact) mass is 438 g/mol. The highest BCUT2D eigenvalue weighted by atomic mass is 28.3. The van der Waals surface area contributed by atoms with E-state index in [1.54, 1.807) is 35.0 Å². The van der Waals surface area contributed by atoms with Crippen LogP contribution < -0.4 is 0 Å². The minimum atomic E-state index is -1.18. The molecule has 1 aromatic carbocycles. The molecule has 6 nitrogen and oxygen atoms in total. The number of carbonyl (C=O) groups is 1. The van der Waals surface area contributed by atoms with E-state index in [0.717, 1.165) is 28.4 Å². The van der Waals surface area contributed by atoms with E-state index in [2.05, 4.69) is 24.6 Å². The van der Waals surface area contributed by atoms with E-state index in [4.69, 9.17) is 9.84 Å². The molecule has 0 fully saturated rings. The second-order valence-electron chi connectivity index (χ2n) is 9.13. The maximum absolute atomic E-state index is 13.5. The SMILES string of the molecule is CN1Cc2nccc(-c3cn(COCC[Si](C)(C)C)nc3-c3ccc(F)cc3)c2C1=O. The Bertz CT molecular complexity index is 1110. The Morgan fingerprint density at radius 1 is 1.13 bits per heavy atom. The molecule has 0 aliphatic carbocycles. The first-order valence-corrected chi connectivity index (χ1v) is 14.1. The predicted molar refractivity (Wildman–Crippen MR) is 121 cm³/mol. The third kappa shape index (κ3) is 4.60. The van der Waals surface area contributed by atoms with Gasteiger partial charge in [0.25, 0.3) is 5.91 Å². The first-order chi connectivity index (χ1) is 14.7. The summed E-state index contributed by atoms with van der Waals surface area (Å²) >= 11 is 0. The van der Waals surface area contributed by atoms with Gasteiger partial charge in [-0.25, -0.2) is 9.07 Å². The van der Waals surface area contributed by atoms with E-state index in [-0.39, 0.29) is 11.7 Å². The Hall–Kier alpha value is -2.84. The van der Waals surface area contributed by atoms with Gasteiger partial charge < -0.3 is 9.64 Å². The van der Waals surface area contributed by atoms with E-state index < -0.39 is 8.07 Å². The standard InChI is InChI=1S/C23H27FN4O2Si/c1-27-14-20-21(23(27)29)18(9-10-25-20)19-13-28(15-30-11-12-31(2,3)4)26-22(19)16-5-7-17(24)8-6-16/h5-10,13H,11-12,14-15H2,1-4H3. The average molecular weight is 439 g/mol. The van der Waals surface area contributed by atoms with Gasteiger partial charge in [-0.05, 0) is 36.4 Å². The number of rotatable bonds is 7. The molecule has 0 atom stereocenters. The highest BCUT2D eigenvalue weighted by molar-refractivity contribution is 6.76. The highest BCUT2D eigenvalue weighted by Gasteiger charge is 2.30.